The molecule has 1 fully saturated rings. The molecule has 4 nitrogen and oxygen atoms in total. The van der Waals surface area contributed by atoms with E-state index in [1.54, 1.807) is 6.07 Å². The number of ether oxygens (including phenoxy) is 2. The minimum atomic E-state index is -0.527. The minimum Gasteiger partial charge on any atom is -0.496 e. The van der Waals surface area contributed by atoms with Crippen molar-refractivity contribution in [2.24, 2.45) is 0 Å². The highest BCUT2D eigenvalue weighted by atomic mass is 19.1. The number of benzene rings is 1. The third kappa shape index (κ3) is 3.35. The fourth-order valence-electron chi connectivity index (χ4n) is 2.40. The van der Waals surface area contributed by atoms with Gasteiger partial charge in [-0.1, -0.05) is 6.07 Å². The number of carbonyl (C=O) groups excluding carboxylic acids is 1. The maximum absolute atomic E-state index is 13.8. The number of hydrogen-bond donors (Lipinski definition) is 0. The van der Waals surface area contributed by atoms with E-state index in [0.29, 0.717) is 24.9 Å². The van der Waals surface area contributed by atoms with Gasteiger partial charge in [-0.15, -0.1) is 0 Å². The van der Waals surface area contributed by atoms with E-state index in [1.807, 2.05) is 7.05 Å². The van der Waals surface area contributed by atoms with E-state index in [1.165, 1.54) is 19.2 Å². The first-order valence-electron chi connectivity index (χ1n) is 6.77. The summed E-state index contributed by atoms with van der Waals surface area (Å²) >= 11 is 0. The van der Waals surface area contributed by atoms with E-state index >= 15 is 0 Å². The molecule has 20 heavy (non-hydrogen) atoms. The van der Waals surface area contributed by atoms with Gasteiger partial charge in [-0.3, -0.25) is 4.79 Å². The molecule has 1 aromatic rings. The van der Waals surface area contributed by atoms with Crippen LogP contribution in [0.5, 0.6) is 5.75 Å². The lowest BCUT2D eigenvalue weighted by molar-refractivity contribution is 0.0947. The summed E-state index contributed by atoms with van der Waals surface area (Å²) in [6.07, 6.45) is 1.25. The molecule has 5 heteroatoms. The average molecular weight is 281 g/mol. The second kappa shape index (κ2) is 6.81. The van der Waals surface area contributed by atoms with E-state index in [-0.39, 0.29) is 17.8 Å². The Morgan fingerprint density at radius 1 is 1.55 bits per heavy atom. The Balaban J connectivity index is 1.98. The van der Waals surface area contributed by atoms with Crippen LogP contribution in [0.4, 0.5) is 4.39 Å². The third-order valence-corrected chi connectivity index (χ3v) is 3.69. The molecule has 2 rings (SSSR count). The summed E-state index contributed by atoms with van der Waals surface area (Å²) in [6, 6.07) is 4.77. The Bertz CT molecular complexity index is 472. The number of Topliss-reactive ketones (excluding diaryl/α,β-unsaturated/α-hetero) is 1. The SMILES string of the molecule is COc1cccc(F)c1C(=O)CCN(C)C1CCOC1. The van der Waals surface area contributed by atoms with E-state index in [2.05, 4.69) is 4.90 Å². The third-order valence-electron chi connectivity index (χ3n) is 3.69. The first-order valence-corrected chi connectivity index (χ1v) is 6.77. The van der Waals surface area contributed by atoms with Gasteiger partial charge in [0.2, 0.25) is 0 Å². The summed E-state index contributed by atoms with van der Waals surface area (Å²) in [4.78, 5) is 14.3. The highest BCUT2D eigenvalue weighted by Gasteiger charge is 2.22. The van der Waals surface area contributed by atoms with Gasteiger partial charge < -0.3 is 14.4 Å². The minimum absolute atomic E-state index is 0.0473. The molecule has 0 amide bonds. The van der Waals surface area contributed by atoms with Crippen molar-refractivity contribution >= 4 is 5.78 Å². The van der Waals surface area contributed by atoms with Gasteiger partial charge in [0.1, 0.15) is 11.6 Å². The van der Waals surface area contributed by atoms with Crippen molar-refractivity contribution in [3.05, 3.63) is 29.6 Å². The number of carbonyl (C=O) groups is 1. The zero-order valence-corrected chi connectivity index (χ0v) is 11.9. The van der Waals surface area contributed by atoms with Crippen molar-refractivity contribution in [2.75, 3.05) is 33.9 Å². The van der Waals surface area contributed by atoms with Crippen LogP contribution < -0.4 is 4.74 Å². The summed E-state index contributed by atoms with van der Waals surface area (Å²) in [5.41, 5.74) is 0.0473. The van der Waals surface area contributed by atoms with Gasteiger partial charge in [-0.05, 0) is 25.6 Å². The molecule has 1 unspecified atom stereocenters. The lowest BCUT2D eigenvalue weighted by atomic mass is 10.1. The number of methoxy groups -OCH3 is 1. The first kappa shape index (κ1) is 14.9. The van der Waals surface area contributed by atoms with Gasteiger partial charge in [-0.25, -0.2) is 4.39 Å². The molecule has 0 saturated carbocycles. The van der Waals surface area contributed by atoms with Crippen molar-refractivity contribution in [3.8, 4) is 5.75 Å². The Morgan fingerprint density at radius 3 is 3.00 bits per heavy atom. The molecule has 0 aliphatic carbocycles. The topological polar surface area (TPSA) is 38.8 Å². The normalized spacial score (nSPS) is 18.5. The zero-order valence-electron chi connectivity index (χ0n) is 11.9. The van der Waals surface area contributed by atoms with Crippen LogP contribution >= 0.6 is 0 Å². The van der Waals surface area contributed by atoms with E-state index in [4.69, 9.17) is 9.47 Å². The first-order chi connectivity index (χ1) is 9.63. The number of likely N-dealkylation sites (N-methyl/N-ethyl adjacent to an activating group) is 1. The van der Waals surface area contributed by atoms with Crippen LogP contribution in [0.25, 0.3) is 0 Å². The molecule has 1 aliphatic rings. The van der Waals surface area contributed by atoms with Gasteiger partial charge in [0.15, 0.2) is 5.78 Å². The maximum atomic E-state index is 13.8. The van der Waals surface area contributed by atoms with Gasteiger partial charge in [0.25, 0.3) is 0 Å². The Morgan fingerprint density at radius 2 is 2.35 bits per heavy atom. The molecule has 0 spiro atoms. The zero-order chi connectivity index (χ0) is 14.5. The molecule has 1 atom stereocenters. The molecule has 1 aromatic carbocycles. The molecule has 0 N–H and O–H groups in total. The van der Waals surface area contributed by atoms with Crippen molar-refractivity contribution in [2.45, 2.75) is 18.9 Å². The predicted molar refractivity (Wildman–Crippen MR) is 73.8 cm³/mol. The molecular formula is C15H20FNO3. The standard InChI is InChI=1S/C15H20FNO3/c1-17(11-7-9-20-10-11)8-6-13(18)15-12(16)4-3-5-14(15)19-2/h3-5,11H,6-10H2,1-2H3. The molecule has 1 heterocycles. The smallest absolute Gasteiger partial charge is 0.170 e. The van der Waals surface area contributed by atoms with E-state index in [9.17, 15) is 9.18 Å². The van der Waals surface area contributed by atoms with Crippen LogP contribution in [0.3, 0.4) is 0 Å². The van der Waals surface area contributed by atoms with E-state index < -0.39 is 5.82 Å². The van der Waals surface area contributed by atoms with Crippen LogP contribution in [-0.4, -0.2) is 50.6 Å². The van der Waals surface area contributed by atoms with Crippen LogP contribution in [0.15, 0.2) is 18.2 Å². The molecule has 0 radical (unpaired) electrons. The summed E-state index contributed by atoms with van der Waals surface area (Å²) < 4.78 is 24.2. The van der Waals surface area contributed by atoms with Gasteiger partial charge >= 0.3 is 0 Å². The molecule has 1 aliphatic heterocycles. The number of ketones is 1. The molecule has 110 valence electrons. The Hall–Kier alpha value is -1.46. The number of hydrogen-bond acceptors (Lipinski definition) is 4. The molecular weight excluding hydrogens is 261 g/mol. The Kier molecular flexibility index (Phi) is 5.09. The van der Waals surface area contributed by atoms with Crippen molar-refractivity contribution in [3.63, 3.8) is 0 Å². The largest absolute Gasteiger partial charge is 0.496 e. The van der Waals surface area contributed by atoms with Crippen LogP contribution in [0.2, 0.25) is 0 Å². The summed E-state index contributed by atoms with van der Waals surface area (Å²) in [7, 11) is 3.40. The molecule has 0 bridgehead atoms. The highest BCUT2D eigenvalue weighted by Crippen LogP contribution is 2.23. The van der Waals surface area contributed by atoms with Crippen molar-refractivity contribution in [1.29, 1.82) is 0 Å². The Labute approximate surface area is 118 Å². The fraction of sp³-hybridized carbons (Fsp3) is 0.533. The van der Waals surface area contributed by atoms with Gasteiger partial charge in [0, 0.05) is 25.6 Å². The number of halogens is 1. The monoisotopic (exact) mass is 281 g/mol. The highest BCUT2D eigenvalue weighted by molar-refractivity contribution is 5.99. The number of nitrogens with zero attached hydrogens (tertiary/aromatic N) is 1. The second-order valence-electron chi connectivity index (χ2n) is 4.99. The average Bonchev–Trinajstić information content (AvgIpc) is 2.98. The quantitative estimate of drug-likeness (QED) is 0.749. The van der Waals surface area contributed by atoms with Crippen molar-refractivity contribution in [1.82, 2.24) is 4.90 Å². The summed E-state index contributed by atoms with van der Waals surface area (Å²) in [6.45, 7) is 2.06. The lowest BCUT2D eigenvalue weighted by Gasteiger charge is -2.22. The van der Waals surface area contributed by atoms with Crippen molar-refractivity contribution < 1.29 is 18.7 Å². The van der Waals surface area contributed by atoms with E-state index in [0.717, 1.165) is 13.0 Å². The predicted octanol–water partition coefficient (Wildman–Crippen LogP) is 2.13. The molecule has 0 aromatic heterocycles. The second-order valence-corrected chi connectivity index (χ2v) is 4.99. The summed E-state index contributed by atoms with van der Waals surface area (Å²) in [5.74, 6) is -0.464. The van der Waals surface area contributed by atoms with Crippen LogP contribution in [0, 0.1) is 5.82 Å². The van der Waals surface area contributed by atoms with Crippen LogP contribution in [0.1, 0.15) is 23.2 Å². The lowest BCUT2D eigenvalue weighted by Crippen LogP contribution is -2.33. The number of rotatable bonds is 6. The van der Waals surface area contributed by atoms with Gasteiger partial charge in [0.05, 0.1) is 19.3 Å². The maximum Gasteiger partial charge on any atom is 0.170 e. The van der Waals surface area contributed by atoms with Gasteiger partial charge in [-0.2, -0.15) is 0 Å². The summed E-state index contributed by atoms with van der Waals surface area (Å²) in [5, 5.41) is 0. The molecule has 1 saturated heterocycles. The fourth-order valence-corrected chi connectivity index (χ4v) is 2.40. The van der Waals surface area contributed by atoms with Crippen LogP contribution in [-0.2, 0) is 4.74 Å².